The van der Waals surface area contributed by atoms with E-state index in [-0.39, 0.29) is 11.2 Å². The zero-order valence-electron chi connectivity index (χ0n) is 8.14. The van der Waals surface area contributed by atoms with Gasteiger partial charge in [0.05, 0.1) is 0 Å². The molecule has 1 unspecified atom stereocenters. The Morgan fingerprint density at radius 1 is 1.43 bits per heavy atom. The van der Waals surface area contributed by atoms with Gasteiger partial charge in [-0.3, -0.25) is 4.79 Å². The van der Waals surface area contributed by atoms with E-state index < -0.39 is 0 Å². The molecule has 1 aliphatic heterocycles. The van der Waals surface area contributed by atoms with Crippen LogP contribution in [0.25, 0.3) is 0 Å². The van der Waals surface area contributed by atoms with Crippen LogP contribution in [0.5, 0.6) is 0 Å². The molecule has 0 bridgehead atoms. The summed E-state index contributed by atoms with van der Waals surface area (Å²) in [6.07, 6.45) is 0. The van der Waals surface area contributed by atoms with Crippen molar-refractivity contribution in [2.75, 3.05) is 13.1 Å². The number of hydrogen-bond donors (Lipinski definition) is 0. The van der Waals surface area contributed by atoms with Gasteiger partial charge in [0, 0.05) is 18.0 Å². The highest BCUT2D eigenvalue weighted by atomic mass is 32.2. The lowest BCUT2D eigenvalue weighted by Crippen LogP contribution is -2.54. The number of carbonyl (C=O) groups excluding carboxylic acids is 1. The number of carbonyl (C=O) groups is 1. The van der Waals surface area contributed by atoms with Crippen molar-refractivity contribution < 1.29 is 4.79 Å². The average Bonchev–Trinajstić information content (AvgIpc) is 2.24. The molecule has 0 radical (unpaired) electrons. The Kier molecular flexibility index (Phi) is 2.77. The second kappa shape index (κ2) is 4.05. The van der Waals surface area contributed by atoms with Crippen LogP contribution in [0.2, 0.25) is 0 Å². The standard InChI is InChI=1S/C11H13NOS/c1-2-12-8-10(11(12)13)14-9-6-4-3-5-7-9/h3-7,10H,2,8H2,1H3. The van der Waals surface area contributed by atoms with E-state index in [0.717, 1.165) is 13.1 Å². The van der Waals surface area contributed by atoms with Crippen molar-refractivity contribution in [2.45, 2.75) is 17.1 Å². The number of β-lactam (4-membered cyclic amide) rings is 1. The topological polar surface area (TPSA) is 20.3 Å². The van der Waals surface area contributed by atoms with Gasteiger partial charge >= 0.3 is 0 Å². The van der Waals surface area contributed by atoms with Crippen LogP contribution in [-0.2, 0) is 4.79 Å². The summed E-state index contributed by atoms with van der Waals surface area (Å²) in [6, 6.07) is 10.1. The Balaban J connectivity index is 1.92. The number of thioether (sulfide) groups is 1. The number of likely N-dealkylation sites (tertiary alicyclic amines) is 1. The SMILES string of the molecule is CCN1CC(Sc2ccccc2)C1=O. The molecular formula is C11H13NOS. The first-order chi connectivity index (χ1) is 6.81. The predicted molar refractivity (Wildman–Crippen MR) is 58.3 cm³/mol. The summed E-state index contributed by atoms with van der Waals surface area (Å²) in [6.45, 7) is 3.75. The zero-order valence-corrected chi connectivity index (χ0v) is 8.96. The quantitative estimate of drug-likeness (QED) is 0.707. The van der Waals surface area contributed by atoms with E-state index in [2.05, 4.69) is 0 Å². The molecular weight excluding hydrogens is 194 g/mol. The lowest BCUT2D eigenvalue weighted by molar-refractivity contribution is -0.138. The van der Waals surface area contributed by atoms with Crippen LogP contribution in [0.1, 0.15) is 6.92 Å². The maximum Gasteiger partial charge on any atom is 0.237 e. The summed E-state index contributed by atoms with van der Waals surface area (Å²) in [7, 11) is 0. The minimum Gasteiger partial charge on any atom is -0.340 e. The average molecular weight is 207 g/mol. The molecule has 2 nitrogen and oxygen atoms in total. The van der Waals surface area contributed by atoms with E-state index >= 15 is 0 Å². The van der Waals surface area contributed by atoms with E-state index in [4.69, 9.17) is 0 Å². The molecule has 1 heterocycles. The number of hydrogen-bond acceptors (Lipinski definition) is 2. The Labute approximate surface area is 88.3 Å². The molecule has 1 aromatic carbocycles. The van der Waals surface area contributed by atoms with Gasteiger partial charge < -0.3 is 4.90 Å². The molecule has 1 aromatic rings. The van der Waals surface area contributed by atoms with Crippen molar-refractivity contribution in [3.05, 3.63) is 30.3 Å². The molecule has 0 N–H and O–H groups in total. The molecule has 1 fully saturated rings. The molecule has 0 saturated carbocycles. The summed E-state index contributed by atoms with van der Waals surface area (Å²) in [5.41, 5.74) is 0. The molecule has 1 saturated heterocycles. The Morgan fingerprint density at radius 3 is 2.71 bits per heavy atom. The van der Waals surface area contributed by atoms with Gasteiger partial charge in [-0.1, -0.05) is 18.2 Å². The highest BCUT2D eigenvalue weighted by Gasteiger charge is 2.35. The smallest absolute Gasteiger partial charge is 0.237 e. The highest BCUT2D eigenvalue weighted by molar-refractivity contribution is 8.00. The third kappa shape index (κ3) is 1.77. The van der Waals surface area contributed by atoms with Crippen LogP contribution >= 0.6 is 11.8 Å². The van der Waals surface area contributed by atoms with Gasteiger partial charge in [0.25, 0.3) is 0 Å². The molecule has 1 atom stereocenters. The summed E-state index contributed by atoms with van der Waals surface area (Å²) in [5, 5.41) is 0.150. The fourth-order valence-electron chi connectivity index (χ4n) is 1.50. The minimum atomic E-state index is 0.150. The number of nitrogens with zero attached hydrogens (tertiary/aromatic N) is 1. The highest BCUT2D eigenvalue weighted by Crippen LogP contribution is 2.30. The van der Waals surface area contributed by atoms with Gasteiger partial charge in [-0.15, -0.1) is 11.8 Å². The van der Waals surface area contributed by atoms with E-state index in [1.165, 1.54) is 4.90 Å². The molecule has 74 valence electrons. The molecule has 0 aliphatic carbocycles. The fourth-order valence-corrected chi connectivity index (χ4v) is 2.64. The monoisotopic (exact) mass is 207 g/mol. The molecule has 1 aliphatic rings. The van der Waals surface area contributed by atoms with E-state index in [1.54, 1.807) is 11.8 Å². The third-order valence-corrected chi connectivity index (χ3v) is 3.56. The lowest BCUT2D eigenvalue weighted by Gasteiger charge is -2.37. The number of rotatable bonds is 3. The maximum atomic E-state index is 11.5. The maximum absolute atomic E-state index is 11.5. The van der Waals surface area contributed by atoms with Crippen molar-refractivity contribution in [2.24, 2.45) is 0 Å². The predicted octanol–water partition coefficient (Wildman–Crippen LogP) is 2.01. The Bertz CT molecular complexity index is 325. The second-order valence-corrected chi connectivity index (χ2v) is 4.57. The molecule has 2 rings (SSSR count). The number of benzene rings is 1. The van der Waals surface area contributed by atoms with Crippen molar-refractivity contribution in [1.82, 2.24) is 4.90 Å². The minimum absolute atomic E-state index is 0.150. The van der Waals surface area contributed by atoms with Gasteiger partial charge in [-0.25, -0.2) is 0 Å². The van der Waals surface area contributed by atoms with Crippen LogP contribution in [0, 0.1) is 0 Å². The first kappa shape index (κ1) is 9.59. The van der Waals surface area contributed by atoms with E-state index in [0.29, 0.717) is 0 Å². The largest absolute Gasteiger partial charge is 0.340 e. The van der Waals surface area contributed by atoms with Crippen molar-refractivity contribution in [3.8, 4) is 0 Å². The van der Waals surface area contributed by atoms with Crippen molar-refractivity contribution in [3.63, 3.8) is 0 Å². The van der Waals surface area contributed by atoms with Crippen molar-refractivity contribution in [1.29, 1.82) is 0 Å². The second-order valence-electron chi connectivity index (χ2n) is 3.30. The lowest BCUT2D eigenvalue weighted by atomic mass is 10.2. The van der Waals surface area contributed by atoms with Crippen molar-refractivity contribution >= 4 is 17.7 Å². The van der Waals surface area contributed by atoms with E-state index in [1.807, 2.05) is 42.2 Å². The van der Waals surface area contributed by atoms with Gasteiger partial charge in [0.15, 0.2) is 0 Å². The first-order valence-electron chi connectivity index (χ1n) is 4.81. The van der Waals surface area contributed by atoms with Crippen LogP contribution in [0.15, 0.2) is 35.2 Å². The zero-order chi connectivity index (χ0) is 9.97. The third-order valence-electron chi connectivity index (χ3n) is 2.38. The Morgan fingerprint density at radius 2 is 2.14 bits per heavy atom. The van der Waals surface area contributed by atoms with Crippen LogP contribution < -0.4 is 0 Å². The summed E-state index contributed by atoms with van der Waals surface area (Å²) in [4.78, 5) is 14.6. The fraction of sp³-hybridized carbons (Fsp3) is 0.364. The van der Waals surface area contributed by atoms with Gasteiger partial charge in [-0.05, 0) is 19.1 Å². The normalized spacial score (nSPS) is 20.8. The molecule has 14 heavy (non-hydrogen) atoms. The van der Waals surface area contributed by atoms with Gasteiger partial charge in [-0.2, -0.15) is 0 Å². The van der Waals surface area contributed by atoms with Crippen LogP contribution in [0.4, 0.5) is 0 Å². The molecule has 1 amide bonds. The molecule has 0 spiro atoms. The van der Waals surface area contributed by atoms with Crippen LogP contribution in [-0.4, -0.2) is 29.1 Å². The molecule has 3 heteroatoms. The summed E-state index contributed by atoms with van der Waals surface area (Å²) in [5.74, 6) is 0.279. The first-order valence-corrected chi connectivity index (χ1v) is 5.69. The van der Waals surface area contributed by atoms with Gasteiger partial charge in [0.2, 0.25) is 5.91 Å². The summed E-state index contributed by atoms with van der Waals surface area (Å²) < 4.78 is 0. The number of amides is 1. The Hall–Kier alpha value is -0.960. The molecule has 0 aromatic heterocycles. The van der Waals surface area contributed by atoms with E-state index in [9.17, 15) is 4.79 Å². The van der Waals surface area contributed by atoms with Crippen LogP contribution in [0.3, 0.4) is 0 Å². The summed E-state index contributed by atoms with van der Waals surface area (Å²) >= 11 is 1.67. The van der Waals surface area contributed by atoms with Gasteiger partial charge in [0.1, 0.15) is 5.25 Å².